The Morgan fingerprint density at radius 2 is 2.09 bits per heavy atom. The average Bonchev–Trinajstić information content (AvgIpc) is 2.53. The molecule has 0 spiro atoms. The summed E-state index contributed by atoms with van der Waals surface area (Å²) >= 11 is 0. The van der Waals surface area contributed by atoms with Gasteiger partial charge in [0.1, 0.15) is 0 Å². The van der Waals surface area contributed by atoms with E-state index in [1.54, 1.807) is 0 Å². The van der Waals surface area contributed by atoms with E-state index in [-0.39, 0.29) is 11.8 Å². The van der Waals surface area contributed by atoms with Gasteiger partial charge in [0.05, 0.1) is 5.92 Å². The summed E-state index contributed by atoms with van der Waals surface area (Å²) in [5, 5.41) is 12.1. The average molecular weight is 303 g/mol. The molecule has 3 atom stereocenters. The summed E-state index contributed by atoms with van der Waals surface area (Å²) < 4.78 is 5.83. The van der Waals surface area contributed by atoms with Crippen LogP contribution in [0, 0.1) is 11.1 Å². The topological polar surface area (TPSA) is 44.5 Å². The highest BCUT2D eigenvalue weighted by atomic mass is 16.9. The third kappa shape index (κ3) is 3.69. The van der Waals surface area contributed by atoms with Gasteiger partial charge in [-0.15, -0.1) is 6.58 Å². The van der Waals surface area contributed by atoms with Gasteiger partial charge in [-0.25, -0.2) is 0 Å². The lowest BCUT2D eigenvalue weighted by atomic mass is 9.80. The number of allylic oxidation sites excluding steroid dienone is 1. The molecule has 1 aromatic rings. The molecule has 1 aliphatic heterocycles. The van der Waals surface area contributed by atoms with Crippen molar-refractivity contribution in [2.45, 2.75) is 45.3 Å². The third-order valence-electron chi connectivity index (χ3n) is 4.09. The predicted octanol–water partition coefficient (Wildman–Crippen LogP) is 4.02. The zero-order valence-electron chi connectivity index (χ0n) is 13.4. The van der Waals surface area contributed by atoms with Crippen LogP contribution >= 0.6 is 0 Å². The van der Waals surface area contributed by atoms with Crippen molar-refractivity contribution in [3.05, 3.63) is 53.8 Å². The molecule has 0 aromatic heterocycles. The van der Waals surface area contributed by atoms with Crippen LogP contribution in [0.5, 0.6) is 0 Å². The van der Waals surface area contributed by atoms with Crippen LogP contribution in [0.3, 0.4) is 0 Å². The van der Waals surface area contributed by atoms with Crippen molar-refractivity contribution in [2.24, 2.45) is 5.92 Å². The van der Waals surface area contributed by atoms with E-state index in [0.29, 0.717) is 17.2 Å². The normalized spacial score (nSPS) is 24.9. The van der Waals surface area contributed by atoms with Crippen LogP contribution in [0.4, 0.5) is 0 Å². The summed E-state index contributed by atoms with van der Waals surface area (Å²) in [6, 6.07) is 10.1. The van der Waals surface area contributed by atoms with E-state index in [9.17, 15) is 5.21 Å². The summed E-state index contributed by atoms with van der Waals surface area (Å²) in [7, 11) is 0. The van der Waals surface area contributed by atoms with E-state index in [0.717, 1.165) is 24.8 Å². The van der Waals surface area contributed by atoms with Gasteiger partial charge >= 0.3 is 0 Å². The number of nitrogens with zero attached hydrogens (tertiary/aromatic N) is 1. The quantitative estimate of drug-likeness (QED) is 0.434. The molecule has 0 bridgehead atoms. The van der Waals surface area contributed by atoms with E-state index in [4.69, 9.17) is 9.57 Å². The molecule has 4 heteroatoms. The molecule has 1 aromatic carbocycles. The smallest absolute Gasteiger partial charge is 0.226 e. The highest BCUT2D eigenvalue weighted by Crippen LogP contribution is 2.36. The molecule has 0 saturated heterocycles. The van der Waals surface area contributed by atoms with Crippen LogP contribution in [0.15, 0.2) is 43.0 Å². The first-order valence-corrected chi connectivity index (χ1v) is 7.94. The summed E-state index contributed by atoms with van der Waals surface area (Å²) in [5.41, 5.74) is 1.77. The van der Waals surface area contributed by atoms with Gasteiger partial charge in [-0.05, 0) is 18.4 Å². The molecule has 0 N–H and O–H groups in total. The fourth-order valence-electron chi connectivity index (χ4n) is 2.92. The van der Waals surface area contributed by atoms with Crippen LogP contribution in [-0.4, -0.2) is 23.5 Å². The van der Waals surface area contributed by atoms with E-state index in [1.807, 2.05) is 43.3 Å². The van der Waals surface area contributed by atoms with Crippen LogP contribution in [0.25, 0.3) is 0 Å². The number of unbranched alkanes of at least 4 members (excludes halogenated alkanes) is 1. The molecule has 120 valence electrons. The van der Waals surface area contributed by atoms with Crippen LogP contribution in [0.1, 0.15) is 44.6 Å². The Labute approximate surface area is 132 Å². The van der Waals surface area contributed by atoms with Crippen molar-refractivity contribution in [3.63, 3.8) is 0 Å². The summed E-state index contributed by atoms with van der Waals surface area (Å²) in [5.74, 6) is 0.0408. The Kier molecular flexibility index (Phi) is 6.01. The van der Waals surface area contributed by atoms with Gasteiger partial charge < -0.3 is 9.57 Å². The maximum atomic E-state index is 12.1. The fraction of sp³-hybridized carbons (Fsp3) is 0.500. The second kappa shape index (κ2) is 7.99. The van der Waals surface area contributed by atoms with Gasteiger partial charge in [0.2, 0.25) is 5.71 Å². The van der Waals surface area contributed by atoms with Gasteiger partial charge in [-0.3, -0.25) is 5.21 Å². The zero-order valence-corrected chi connectivity index (χ0v) is 13.4. The first-order valence-electron chi connectivity index (χ1n) is 7.94. The number of rotatable bonds is 7. The monoisotopic (exact) mass is 303 g/mol. The number of hydrogen-bond donors (Lipinski definition) is 0. The molecular formula is C18H25NO3. The zero-order chi connectivity index (χ0) is 15.9. The molecule has 0 saturated carbocycles. The molecule has 1 heterocycles. The van der Waals surface area contributed by atoms with Crippen molar-refractivity contribution >= 4 is 5.71 Å². The molecule has 0 fully saturated rings. The van der Waals surface area contributed by atoms with Crippen molar-refractivity contribution in [1.82, 2.24) is 0 Å². The SMILES string of the molecule is C=CC[C@@H]1[C@H](OCCCC)O[N+]([O-])=C(C)[C@@H]1c1ccccc1. The Hall–Kier alpha value is -1.81. The summed E-state index contributed by atoms with van der Waals surface area (Å²) in [6.45, 7) is 8.38. The molecule has 22 heavy (non-hydrogen) atoms. The lowest BCUT2D eigenvalue weighted by Crippen LogP contribution is -2.43. The highest BCUT2D eigenvalue weighted by molar-refractivity contribution is 5.85. The minimum absolute atomic E-state index is 0.0166. The molecule has 0 radical (unpaired) electrons. The summed E-state index contributed by atoms with van der Waals surface area (Å²) in [4.78, 5) is 6.05. The number of benzene rings is 1. The molecule has 0 aliphatic carbocycles. The second-order valence-electron chi connectivity index (χ2n) is 5.67. The first-order chi connectivity index (χ1) is 10.7. The molecule has 4 nitrogen and oxygen atoms in total. The molecule has 0 amide bonds. The molecule has 0 unspecified atom stereocenters. The van der Waals surface area contributed by atoms with Gasteiger partial charge in [-0.1, -0.05) is 49.8 Å². The maximum Gasteiger partial charge on any atom is 0.226 e. The van der Waals surface area contributed by atoms with Crippen LogP contribution in [0.2, 0.25) is 0 Å². The van der Waals surface area contributed by atoms with Crippen molar-refractivity contribution in [1.29, 1.82) is 0 Å². The second-order valence-corrected chi connectivity index (χ2v) is 5.67. The standard InChI is InChI=1S/C18H25NO3/c1-4-6-13-21-18-16(10-5-2)17(14(3)19(20)22-18)15-11-8-7-9-12-15/h5,7-9,11-12,16-18H,2,4,6,10,13H2,1,3H3/t16-,17+,18+/m0/s1. The lowest BCUT2D eigenvalue weighted by Gasteiger charge is -2.37. The van der Waals surface area contributed by atoms with E-state index in [2.05, 4.69) is 13.5 Å². The Bertz CT molecular complexity index is 512. The first kappa shape index (κ1) is 16.6. The summed E-state index contributed by atoms with van der Waals surface area (Å²) in [6.07, 6.45) is 4.08. The van der Waals surface area contributed by atoms with Gasteiger partial charge in [0, 0.05) is 24.4 Å². The minimum atomic E-state index is -0.532. The van der Waals surface area contributed by atoms with Gasteiger partial charge in [0.15, 0.2) is 6.29 Å². The molecule has 1 aliphatic rings. The lowest BCUT2D eigenvalue weighted by molar-refractivity contribution is -0.775. The van der Waals surface area contributed by atoms with E-state index >= 15 is 0 Å². The largest absolute Gasteiger partial charge is 0.372 e. The van der Waals surface area contributed by atoms with Crippen LogP contribution in [-0.2, 0) is 9.57 Å². The van der Waals surface area contributed by atoms with Gasteiger partial charge in [0.25, 0.3) is 0 Å². The van der Waals surface area contributed by atoms with Crippen molar-refractivity contribution in [2.75, 3.05) is 6.61 Å². The van der Waals surface area contributed by atoms with Gasteiger partial charge in [-0.2, -0.15) is 0 Å². The third-order valence-corrected chi connectivity index (χ3v) is 4.09. The Balaban J connectivity index is 2.29. The minimum Gasteiger partial charge on any atom is -0.372 e. The molecule has 2 rings (SSSR count). The van der Waals surface area contributed by atoms with Crippen LogP contribution < -0.4 is 0 Å². The van der Waals surface area contributed by atoms with Crippen molar-refractivity contribution < 1.29 is 14.5 Å². The van der Waals surface area contributed by atoms with E-state index < -0.39 is 6.29 Å². The molecular weight excluding hydrogens is 278 g/mol. The Morgan fingerprint density at radius 3 is 2.73 bits per heavy atom. The number of hydrogen-bond acceptors (Lipinski definition) is 3. The number of ether oxygens (including phenoxy) is 1. The Morgan fingerprint density at radius 1 is 1.36 bits per heavy atom. The van der Waals surface area contributed by atoms with E-state index in [1.165, 1.54) is 0 Å². The van der Waals surface area contributed by atoms with Crippen molar-refractivity contribution in [3.8, 4) is 0 Å². The highest BCUT2D eigenvalue weighted by Gasteiger charge is 2.40. The fourth-order valence-corrected chi connectivity index (χ4v) is 2.92. The maximum absolute atomic E-state index is 12.1. The predicted molar refractivity (Wildman–Crippen MR) is 87.5 cm³/mol.